The van der Waals surface area contributed by atoms with Crippen LogP contribution in [0.2, 0.25) is 0 Å². The molecule has 0 spiro atoms. The fourth-order valence-corrected chi connectivity index (χ4v) is 9.03. The second-order valence-corrected chi connectivity index (χ2v) is 20.2. The first-order valence-corrected chi connectivity index (χ1v) is 28.8. The molecule has 9 heteroatoms. The third-order valence-electron chi connectivity index (χ3n) is 13.3. The molecule has 392 valence electrons. The van der Waals surface area contributed by atoms with Gasteiger partial charge in [0, 0.05) is 32.5 Å². The number of aliphatic hydroxyl groups excluding tert-OH is 1. The Hall–Kier alpha value is -1.87. The number of unbranched alkanes of at least 4 members (excludes halogenated alkanes) is 25. The lowest BCUT2D eigenvalue weighted by Gasteiger charge is -2.26. The Morgan fingerprint density at radius 3 is 1.03 bits per heavy atom. The van der Waals surface area contributed by atoms with E-state index in [-0.39, 0.29) is 43.0 Å². The Morgan fingerprint density at radius 1 is 0.364 bits per heavy atom. The number of ether oxygens (including phenoxy) is 3. The van der Waals surface area contributed by atoms with Crippen molar-refractivity contribution in [2.24, 2.45) is 0 Å². The first-order chi connectivity index (χ1) is 32.2. The number of nitrogens with zero attached hydrogens (tertiary/aromatic N) is 2. The molecule has 0 radical (unpaired) electrons. The minimum atomic E-state index is -0.173. The van der Waals surface area contributed by atoms with E-state index in [2.05, 4.69) is 46.7 Å². The zero-order valence-electron chi connectivity index (χ0n) is 44.8. The van der Waals surface area contributed by atoms with Crippen LogP contribution in [-0.4, -0.2) is 91.6 Å². The maximum absolute atomic E-state index is 13.7. The van der Waals surface area contributed by atoms with Gasteiger partial charge in [-0.15, -0.1) is 0 Å². The molecular formula is C57H112N2O7. The molecule has 66 heavy (non-hydrogen) atoms. The Balaban J connectivity index is 4.98. The summed E-state index contributed by atoms with van der Waals surface area (Å²) in [5, 5.41) is 9.22. The van der Waals surface area contributed by atoms with E-state index in [1.807, 2.05) is 4.90 Å². The second kappa shape index (κ2) is 49.5. The van der Waals surface area contributed by atoms with Crippen LogP contribution in [0.25, 0.3) is 0 Å². The van der Waals surface area contributed by atoms with Gasteiger partial charge in [-0.25, -0.2) is 4.79 Å². The summed E-state index contributed by atoms with van der Waals surface area (Å²) in [6, 6.07) is 0. The molecule has 0 unspecified atom stereocenters. The fourth-order valence-electron chi connectivity index (χ4n) is 9.03. The summed E-state index contributed by atoms with van der Waals surface area (Å²) in [4.78, 5) is 43.3. The molecule has 1 amide bonds. The SMILES string of the molecule is CCCCCCC(CCCCCC)OC(=O)CCCCCCCCC(CCCCCCCCC(=O)OC(CCCCCC)CCCCCC)OC(=O)N(CCCCCCO)CCCN(C)C. The molecule has 0 aliphatic heterocycles. The highest BCUT2D eigenvalue weighted by Crippen LogP contribution is 2.22. The van der Waals surface area contributed by atoms with E-state index in [9.17, 15) is 19.5 Å². The van der Waals surface area contributed by atoms with Gasteiger partial charge in [-0.1, -0.05) is 169 Å². The maximum Gasteiger partial charge on any atom is 0.410 e. The first-order valence-electron chi connectivity index (χ1n) is 28.8. The highest BCUT2D eigenvalue weighted by Gasteiger charge is 2.21. The number of amides is 1. The third-order valence-corrected chi connectivity index (χ3v) is 13.3. The van der Waals surface area contributed by atoms with E-state index >= 15 is 0 Å². The van der Waals surface area contributed by atoms with E-state index in [1.165, 1.54) is 77.0 Å². The van der Waals surface area contributed by atoms with Gasteiger partial charge in [-0.05, 0) is 130 Å². The summed E-state index contributed by atoms with van der Waals surface area (Å²) in [6.07, 6.45) is 43.5. The van der Waals surface area contributed by atoms with E-state index in [1.54, 1.807) is 0 Å². The fraction of sp³-hybridized carbons (Fsp3) is 0.947. The third kappa shape index (κ3) is 43.4. The minimum Gasteiger partial charge on any atom is -0.462 e. The van der Waals surface area contributed by atoms with Crippen LogP contribution in [0.4, 0.5) is 4.79 Å². The van der Waals surface area contributed by atoms with Crippen molar-refractivity contribution in [1.29, 1.82) is 0 Å². The Morgan fingerprint density at radius 2 is 0.667 bits per heavy atom. The average Bonchev–Trinajstić information content (AvgIpc) is 3.29. The Kier molecular flexibility index (Phi) is 48.1. The molecule has 0 fully saturated rings. The van der Waals surface area contributed by atoms with Crippen molar-refractivity contribution in [3.8, 4) is 0 Å². The highest BCUT2D eigenvalue weighted by molar-refractivity contribution is 5.70. The molecule has 0 aliphatic rings. The van der Waals surface area contributed by atoms with Crippen molar-refractivity contribution in [2.75, 3.05) is 40.3 Å². The number of carbonyl (C=O) groups excluding carboxylic acids is 3. The normalized spacial score (nSPS) is 11.7. The summed E-state index contributed by atoms with van der Waals surface area (Å²) < 4.78 is 18.3. The van der Waals surface area contributed by atoms with Crippen LogP contribution in [0.3, 0.4) is 0 Å². The molecule has 1 N–H and O–H groups in total. The van der Waals surface area contributed by atoms with E-state index in [0.29, 0.717) is 25.9 Å². The summed E-state index contributed by atoms with van der Waals surface area (Å²) in [5.41, 5.74) is 0. The predicted octanol–water partition coefficient (Wildman–Crippen LogP) is 16.2. The number of aliphatic hydroxyl groups is 1. The second-order valence-electron chi connectivity index (χ2n) is 20.2. The minimum absolute atomic E-state index is 0.0124. The van der Waals surface area contributed by atoms with Crippen LogP contribution in [0.1, 0.15) is 291 Å². The van der Waals surface area contributed by atoms with Crippen molar-refractivity contribution in [3.05, 3.63) is 0 Å². The average molecular weight is 938 g/mol. The van der Waals surface area contributed by atoms with Crippen LogP contribution >= 0.6 is 0 Å². The monoisotopic (exact) mass is 937 g/mol. The molecule has 0 rings (SSSR count). The van der Waals surface area contributed by atoms with Crippen molar-refractivity contribution in [1.82, 2.24) is 9.80 Å². The lowest BCUT2D eigenvalue weighted by Crippen LogP contribution is -2.37. The maximum atomic E-state index is 13.7. The molecule has 0 heterocycles. The van der Waals surface area contributed by atoms with Gasteiger partial charge in [-0.3, -0.25) is 9.59 Å². The number of rotatable bonds is 51. The van der Waals surface area contributed by atoms with Gasteiger partial charge in [-0.2, -0.15) is 0 Å². The smallest absolute Gasteiger partial charge is 0.410 e. The molecule has 0 aliphatic carbocycles. The van der Waals surface area contributed by atoms with Crippen molar-refractivity contribution in [2.45, 2.75) is 309 Å². The van der Waals surface area contributed by atoms with Gasteiger partial charge in [0.25, 0.3) is 0 Å². The van der Waals surface area contributed by atoms with Crippen LogP contribution in [-0.2, 0) is 23.8 Å². The predicted molar refractivity (Wildman–Crippen MR) is 279 cm³/mol. The lowest BCUT2D eigenvalue weighted by atomic mass is 10.0. The molecule has 0 saturated heterocycles. The zero-order chi connectivity index (χ0) is 48.6. The summed E-state index contributed by atoms with van der Waals surface area (Å²) in [6.45, 7) is 11.5. The zero-order valence-corrected chi connectivity index (χ0v) is 44.8. The van der Waals surface area contributed by atoms with E-state index < -0.39 is 0 Å². The first kappa shape index (κ1) is 64.1. The summed E-state index contributed by atoms with van der Waals surface area (Å²) in [5.74, 6) is -0.0249. The molecule has 0 aromatic rings. The Labute approximate surface area is 409 Å². The molecular weight excluding hydrogens is 825 g/mol. The standard InChI is InChI=1S/C57H112N2O7/c1-7-11-15-29-40-52(41-30-16-12-8-2)64-55(61)46-35-25-21-19-23-33-44-54(66-57(63)59(50-39-48-58(5)6)49-37-27-28-38-51-60)45-34-24-20-22-26-36-47-56(62)65-53(42-31-17-13-9-3)43-32-18-14-10-4/h52-54,60H,7-51H2,1-6H3. The number of hydrogen-bond donors (Lipinski definition) is 1. The molecule has 0 atom stereocenters. The van der Waals surface area contributed by atoms with Crippen LogP contribution in [0, 0.1) is 0 Å². The van der Waals surface area contributed by atoms with Gasteiger partial charge >= 0.3 is 18.0 Å². The molecule has 0 aromatic carbocycles. The molecule has 0 aromatic heterocycles. The van der Waals surface area contributed by atoms with Crippen molar-refractivity contribution >= 4 is 18.0 Å². The van der Waals surface area contributed by atoms with E-state index in [4.69, 9.17) is 14.2 Å². The number of esters is 2. The van der Waals surface area contributed by atoms with Crippen molar-refractivity contribution < 1.29 is 33.7 Å². The van der Waals surface area contributed by atoms with Gasteiger partial charge in [0.1, 0.15) is 18.3 Å². The summed E-state index contributed by atoms with van der Waals surface area (Å²) >= 11 is 0. The van der Waals surface area contributed by atoms with Gasteiger partial charge in [0.2, 0.25) is 0 Å². The molecule has 0 saturated carbocycles. The van der Waals surface area contributed by atoms with Gasteiger partial charge < -0.3 is 29.1 Å². The van der Waals surface area contributed by atoms with Gasteiger partial charge in [0.05, 0.1) is 0 Å². The quantitative estimate of drug-likeness (QED) is 0.0365. The lowest BCUT2D eigenvalue weighted by molar-refractivity contribution is -0.151. The van der Waals surface area contributed by atoms with Crippen molar-refractivity contribution in [3.63, 3.8) is 0 Å². The highest BCUT2D eigenvalue weighted by atomic mass is 16.6. The largest absolute Gasteiger partial charge is 0.462 e. The number of carbonyl (C=O) groups is 3. The topological polar surface area (TPSA) is 106 Å². The summed E-state index contributed by atoms with van der Waals surface area (Å²) in [7, 11) is 4.14. The van der Waals surface area contributed by atoms with Gasteiger partial charge in [0.15, 0.2) is 0 Å². The number of hydrogen-bond acceptors (Lipinski definition) is 8. The Bertz CT molecular complexity index is 976. The van der Waals surface area contributed by atoms with Crippen LogP contribution in [0.15, 0.2) is 0 Å². The van der Waals surface area contributed by atoms with E-state index in [0.717, 1.165) is 180 Å². The molecule has 0 bridgehead atoms. The van der Waals surface area contributed by atoms with Crippen LogP contribution in [0.5, 0.6) is 0 Å². The van der Waals surface area contributed by atoms with Crippen LogP contribution < -0.4 is 0 Å². The molecule has 9 nitrogen and oxygen atoms in total.